The number of nitrogen functional groups attached to an aromatic ring is 1. The summed E-state index contributed by atoms with van der Waals surface area (Å²) in [6.45, 7) is 5.59. The van der Waals surface area contributed by atoms with Crippen molar-refractivity contribution in [3.63, 3.8) is 0 Å². The van der Waals surface area contributed by atoms with E-state index in [2.05, 4.69) is 30.6 Å². The van der Waals surface area contributed by atoms with E-state index in [4.69, 9.17) is 5.84 Å². The van der Waals surface area contributed by atoms with Crippen molar-refractivity contribution in [1.29, 1.82) is 0 Å². The van der Waals surface area contributed by atoms with E-state index in [0.29, 0.717) is 17.8 Å². The highest BCUT2D eigenvalue weighted by atomic mass is 16.3. The van der Waals surface area contributed by atoms with Crippen LogP contribution in [-0.2, 0) is 0 Å². The number of aliphatic hydroxyl groups excluding tert-OH is 1. The number of nitrogens with zero attached hydrogens (tertiary/aromatic N) is 4. The number of piperidine rings is 1. The summed E-state index contributed by atoms with van der Waals surface area (Å²) in [7, 11) is 0. The first kappa shape index (κ1) is 14.7. The van der Waals surface area contributed by atoms with E-state index in [1.165, 1.54) is 6.42 Å². The molecule has 0 atom stereocenters. The van der Waals surface area contributed by atoms with E-state index in [0.717, 1.165) is 25.9 Å². The van der Waals surface area contributed by atoms with Gasteiger partial charge in [-0.25, -0.2) is 5.84 Å². The second kappa shape index (κ2) is 6.19. The second-order valence-electron chi connectivity index (χ2n) is 5.64. The van der Waals surface area contributed by atoms with Crippen LogP contribution in [0.1, 0.15) is 33.1 Å². The van der Waals surface area contributed by atoms with E-state index >= 15 is 0 Å². The molecule has 1 aliphatic rings. The summed E-state index contributed by atoms with van der Waals surface area (Å²) in [6.07, 6.45) is 3.52. The minimum absolute atomic E-state index is 0.0247. The predicted octanol–water partition coefficient (Wildman–Crippen LogP) is 0.330. The Morgan fingerprint density at radius 2 is 1.80 bits per heavy atom. The third-order valence-electron chi connectivity index (χ3n) is 3.24. The van der Waals surface area contributed by atoms with Gasteiger partial charge in [-0.1, -0.05) is 0 Å². The van der Waals surface area contributed by atoms with E-state index in [9.17, 15) is 5.11 Å². The standard InChI is InChI=1S/C12H23N7O/c1-12(2,8-20)17-9-14-10(18-13)16-11(15-9)19-6-4-3-5-7-19/h20H,3-8,13H2,1-2H3,(H2,14,15,16,17,18). The fourth-order valence-electron chi connectivity index (χ4n) is 2.06. The minimum Gasteiger partial charge on any atom is -0.394 e. The Morgan fingerprint density at radius 3 is 2.40 bits per heavy atom. The summed E-state index contributed by atoms with van der Waals surface area (Å²) in [4.78, 5) is 15.0. The Hall–Kier alpha value is -1.67. The normalized spacial score (nSPS) is 16.1. The SMILES string of the molecule is CC(C)(CO)Nc1nc(NN)nc(N2CCCCC2)n1. The maximum atomic E-state index is 9.32. The van der Waals surface area contributed by atoms with Crippen molar-refractivity contribution in [2.75, 3.05) is 35.3 Å². The molecule has 1 aromatic rings. The summed E-state index contributed by atoms with van der Waals surface area (Å²) < 4.78 is 0. The van der Waals surface area contributed by atoms with E-state index in [-0.39, 0.29) is 6.61 Å². The number of hydrogen-bond acceptors (Lipinski definition) is 8. The molecule has 0 radical (unpaired) electrons. The zero-order valence-corrected chi connectivity index (χ0v) is 12.1. The van der Waals surface area contributed by atoms with Gasteiger partial charge in [0.15, 0.2) is 0 Å². The summed E-state index contributed by atoms with van der Waals surface area (Å²) in [6, 6.07) is 0. The average Bonchev–Trinajstić information content (AvgIpc) is 2.47. The lowest BCUT2D eigenvalue weighted by molar-refractivity contribution is 0.233. The predicted molar refractivity (Wildman–Crippen MR) is 78.5 cm³/mol. The van der Waals surface area contributed by atoms with Crippen molar-refractivity contribution >= 4 is 17.8 Å². The molecule has 20 heavy (non-hydrogen) atoms. The van der Waals surface area contributed by atoms with Crippen LogP contribution in [0.25, 0.3) is 0 Å². The van der Waals surface area contributed by atoms with Gasteiger partial charge in [0.2, 0.25) is 17.8 Å². The molecular formula is C12H23N7O. The van der Waals surface area contributed by atoms with Crippen LogP contribution in [0.5, 0.6) is 0 Å². The third-order valence-corrected chi connectivity index (χ3v) is 3.24. The number of aromatic nitrogens is 3. The molecule has 0 unspecified atom stereocenters. The number of hydrogen-bond donors (Lipinski definition) is 4. The molecule has 2 heterocycles. The molecule has 1 saturated heterocycles. The molecule has 1 aliphatic heterocycles. The van der Waals surface area contributed by atoms with Gasteiger partial charge in [-0.05, 0) is 33.1 Å². The molecule has 0 aromatic carbocycles. The van der Waals surface area contributed by atoms with Crippen LogP contribution >= 0.6 is 0 Å². The number of nitrogens with two attached hydrogens (primary N) is 1. The Labute approximate surface area is 118 Å². The van der Waals surface area contributed by atoms with Gasteiger partial charge in [0, 0.05) is 13.1 Å². The van der Waals surface area contributed by atoms with E-state index in [1.54, 1.807) is 0 Å². The van der Waals surface area contributed by atoms with Crippen LogP contribution in [0.4, 0.5) is 17.8 Å². The number of rotatable bonds is 5. The van der Waals surface area contributed by atoms with Crippen LogP contribution in [-0.4, -0.2) is 45.3 Å². The van der Waals surface area contributed by atoms with Crippen molar-refractivity contribution < 1.29 is 5.11 Å². The highest BCUT2D eigenvalue weighted by Crippen LogP contribution is 2.19. The minimum atomic E-state index is -0.508. The van der Waals surface area contributed by atoms with Crippen molar-refractivity contribution in [3.8, 4) is 0 Å². The van der Waals surface area contributed by atoms with Gasteiger partial charge in [0.1, 0.15) is 0 Å². The maximum Gasteiger partial charge on any atom is 0.243 e. The van der Waals surface area contributed by atoms with Gasteiger partial charge in [-0.15, -0.1) is 0 Å². The smallest absolute Gasteiger partial charge is 0.243 e. The van der Waals surface area contributed by atoms with Gasteiger partial charge in [-0.3, -0.25) is 5.43 Å². The molecule has 0 spiro atoms. The number of nitrogens with one attached hydrogen (secondary N) is 2. The maximum absolute atomic E-state index is 9.32. The first-order valence-electron chi connectivity index (χ1n) is 6.91. The topological polar surface area (TPSA) is 112 Å². The van der Waals surface area contributed by atoms with Gasteiger partial charge in [0.25, 0.3) is 0 Å². The van der Waals surface area contributed by atoms with E-state index < -0.39 is 5.54 Å². The van der Waals surface area contributed by atoms with Gasteiger partial charge < -0.3 is 15.3 Å². The Balaban J connectivity index is 2.23. The molecule has 8 heteroatoms. The molecule has 1 fully saturated rings. The molecule has 5 N–H and O–H groups in total. The summed E-state index contributed by atoms with van der Waals surface area (Å²) in [5.74, 6) is 6.76. The zero-order chi connectivity index (χ0) is 14.6. The Kier molecular flexibility index (Phi) is 4.56. The molecule has 0 saturated carbocycles. The van der Waals surface area contributed by atoms with Crippen LogP contribution in [0.2, 0.25) is 0 Å². The lowest BCUT2D eigenvalue weighted by Gasteiger charge is -2.28. The number of anilines is 3. The highest BCUT2D eigenvalue weighted by molar-refractivity contribution is 5.44. The number of aliphatic hydroxyl groups is 1. The number of hydrazine groups is 1. The van der Waals surface area contributed by atoms with Crippen LogP contribution in [0, 0.1) is 0 Å². The molecule has 1 aromatic heterocycles. The summed E-state index contributed by atoms with van der Waals surface area (Å²) in [5, 5.41) is 12.4. The molecule has 0 bridgehead atoms. The second-order valence-corrected chi connectivity index (χ2v) is 5.64. The Bertz CT molecular complexity index is 445. The molecule has 2 rings (SSSR count). The largest absolute Gasteiger partial charge is 0.394 e. The molecule has 0 amide bonds. The zero-order valence-electron chi connectivity index (χ0n) is 12.1. The van der Waals surface area contributed by atoms with Gasteiger partial charge in [-0.2, -0.15) is 15.0 Å². The summed E-state index contributed by atoms with van der Waals surface area (Å²) in [5.41, 5.74) is 1.95. The van der Waals surface area contributed by atoms with Gasteiger partial charge >= 0.3 is 0 Å². The fourth-order valence-corrected chi connectivity index (χ4v) is 2.06. The van der Waals surface area contributed by atoms with Gasteiger partial charge in [0.05, 0.1) is 12.1 Å². The monoisotopic (exact) mass is 281 g/mol. The third kappa shape index (κ3) is 3.67. The van der Waals surface area contributed by atoms with Crippen molar-refractivity contribution in [2.24, 2.45) is 5.84 Å². The van der Waals surface area contributed by atoms with Crippen LogP contribution in [0.15, 0.2) is 0 Å². The first-order chi connectivity index (χ1) is 9.54. The molecule has 0 aliphatic carbocycles. The lowest BCUT2D eigenvalue weighted by atomic mass is 10.1. The molecule has 112 valence electrons. The highest BCUT2D eigenvalue weighted by Gasteiger charge is 2.20. The van der Waals surface area contributed by atoms with Crippen molar-refractivity contribution in [2.45, 2.75) is 38.6 Å². The molecular weight excluding hydrogens is 258 g/mol. The fraction of sp³-hybridized carbons (Fsp3) is 0.750. The quantitative estimate of drug-likeness (QED) is 0.451. The van der Waals surface area contributed by atoms with Crippen molar-refractivity contribution in [1.82, 2.24) is 15.0 Å². The Morgan fingerprint density at radius 1 is 1.15 bits per heavy atom. The summed E-state index contributed by atoms with van der Waals surface area (Å²) >= 11 is 0. The molecule has 8 nitrogen and oxygen atoms in total. The average molecular weight is 281 g/mol. The van der Waals surface area contributed by atoms with E-state index in [1.807, 2.05) is 13.8 Å². The van der Waals surface area contributed by atoms with Crippen molar-refractivity contribution in [3.05, 3.63) is 0 Å². The van der Waals surface area contributed by atoms with Crippen LogP contribution < -0.4 is 21.5 Å². The lowest BCUT2D eigenvalue weighted by Crippen LogP contribution is -2.37. The first-order valence-corrected chi connectivity index (χ1v) is 6.91. The van der Waals surface area contributed by atoms with Crippen LogP contribution in [0.3, 0.4) is 0 Å².